The standard InChI is InChI=1S/C19H19ClN2O2/c1-12-16(20)5-4-6-17(12)21-19(23)13(2)22-10-9-14-11-15(24-3)7-8-18(14)22/h4-11,13H,1-3H3,(H,21,23). The Morgan fingerprint density at radius 2 is 2.04 bits per heavy atom. The SMILES string of the molecule is COc1ccc2c(ccn2C(C)C(=O)Nc2cccc(Cl)c2C)c1. The molecule has 1 unspecified atom stereocenters. The lowest BCUT2D eigenvalue weighted by Crippen LogP contribution is -2.23. The summed E-state index contributed by atoms with van der Waals surface area (Å²) in [6, 6.07) is 12.9. The van der Waals surface area contributed by atoms with Gasteiger partial charge in [0.25, 0.3) is 0 Å². The number of methoxy groups -OCH3 is 1. The van der Waals surface area contributed by atoms with E-state index in [9.17, 15) is 4.79 Å². The van der Waals surface area contributed by atoms with E-state index in [0.29, 0.717) is 5.02 Å². The summed E-state index contributed by atoms with van der Waals surface area (Å²) in [4.78, 5) is 12.6. The number of aromatic nitrogens is 1. The topological polar surface area (TPSA) is 43.3 Å². The number of fused-ring (bicyclic) bond motifs is 1. The van der Waals surface area contributed by atoms with Crippen LogP contribution in [0, 0.1) is 6.92 Å². The quantitative estimate of drug-likeness (QED) is 0.739. The number of carbonyl (C=O) groups excluding carboxylic acids is 1. The van der Waals surface area contributed by atoms with Gasteiger partial charge in [-0.05, 0) is 55.8 Å². The van der Waals surface area contributed by atoms with E-state index in [1.807, 2.05) is 67.1 Å². The molecule has 0 bridgehead atoms. The van der Waals surface area contributed by atoms with E-state index >= 15 is 0 Å². The minimum absolute atomic E-state index is 0.0892. The molecule has 3 aromatic rings. The largest absolute Gasteiger partial charge is 0.497 e. The summed E-state index contributed by atoms with van der Waals surface area (Å²) in [5, 5.41) is 4.63. The summed E-state index contributed by atoms with van der Waals surface area (Å²) in [6.45, 7) is 3.76. The van der Waals surface area contributed by atoms with Crippen molar-refractivity contribution in [2.24, 2.45) is 0 Å². The first-order chi connectivity index (χ1) is 11.5. The highest BCUT2D eigenvalue weighted by Gasteiger charge is 2.18. The van der Waals surface area contributed by atoms with Gasteiger partial charge in [0.1, 0.15) is 11.8 Å². The van der Waals surface area contributed by atoms with Crippen molar-refractivity contribution < 1.29 is 9.53 Å². The second kappa shape index (κ2) is 6.57. The zero-order valence-corrected chi connectivity index (χ0v) is 14.6. The van der Waals surface area contributed by atoms with Crippen molar-refractivity contribution in [2.45, 2.75) is 19.9 Å². The molecule has 1 atom stereocenters. The molecule has 1 heterocycles. The van der Waals surface area contributed by atoms with Crippen molar-refractivity contribution in [1.29, 1.82) is 0 Å². The van der Waals surface area contributed by atoms with Gasteiger partial charge < -0.3 is 14.6 Å². The maximum Gasteiger partial charge on any atom is 0.247 e. The maximum absolute atomic E-state index is 12.6. The summed E-state index contributed by atoms with van der Waals surface area (Å²) in [5.41, 5.74) is 2.58. The second-order valence-corrected chi connectivity index (χ2v) is 6.13. The second-order valence-electron chi connectivity index (χ2n) is 5.73. The minimum atomic E-state index is -0.353. The Balaban J connectivity index is 1.87. The normalized spacial score (nSPS) is 12.2. The molecule has 1 amide bonds. The van der Waals surface area contributed by atoms with Crippen LogP contribution in [0.1, 0.15) is 18.5 Å². The molecule has 3 rings (SSSR count). The van der Waals surface area contributed by atoms with E-state index in [-0.39, 0.29) is 11.9 Å². The Labute approximate surface area is 146 Å². The third-order valence-corrected chi connectivity index (χ3v) is 4.66. The number of amides is 1. The van der Waals surface area contributed by atoms with Crippen molar-refractivity contribution in [3.8, 4) is 5.75 Å². The van der Waals surface area contributed by atoms with Crippen molar-refractivity contribution in [3.05, 3.63) is 59.2 Å². The Kier molecular flexibility index (Phi) is 4.49. The highest BCUT2D eigenvalue weighted by Crippen LogP contribution is 2.27. The zero-order chi connectivity index (χ0) is 17.3. The van der Waals surface area contributed by atoms with Crippen LogP contribution in [0.25, 0.3) is 10.9 Å². The van der Waals surface area contributed by atoms with E-state index in [2.05, 4.69) is 5.32 Å². The molecule has 0 aliphatic carbocycles. The fraction of sp³-hybridized carbons (Fsp3) is 0.211. The van der Waals surface area contributed by atoms with Crippen LogP contribution < -0.4 is 10.1 Å². The molecule has 2 aromatic carbocycles. The highest BCUT2D eigenvalue weighted by atomic mass is 35.5. The summed E-state index contributed by atoms with van der Waals surface area (Å²) in [7, 11) is 1.64. The Hall–Kier alpha value is -2.46. The number of rotatable bonds is 4. The summed E-state index contributed by atoms with van der Waals surface area (Å²) < 4.78 is 7.19. The molecule has 24 heavy (non-hydrogen) atoms. The minimum Gasteiger partial charge on any atom is -0.497 e. The van der Waals surface area contributed by atoms with Gasteiger partial charge in [0.15, 0.2) is 0 Å². The Morgan fingerprint density at radius 3 is 2.79 bits per heavy atom. The van der Waals surface area contributed by atoms with Crippen LogP contribution in [0.3, 0.4) is 0 Å². The predicted octanol–water partition coefficient (Wildman–Crippen LogP) is 4.81. The first-order valence-electron chi connectivity index (χ1n) is 7.72. The number of halogens is 1. The van der Waals surface area contributed by atoms with Crippen LogP contribution in [-0.2, 0) is 4.79 Å². The number of carbonyl (C=O) groups is 1. The number of nitrogens with one attached hydrogen (secondary N) is 1. The zero-order valence-electron chi connectivity index (χ0n) is 13.8. The molecule has 0 aliphatic heterocycles. The van der Waals surface area contributed by atoms with Gasteiger partial charge in [-0.15, -0.1) is 0 Å². The van der Waals surface area contributed by atoms with Gasteiger partial charge in [-0.1, -0.05) is 17.7 Å². The molecule has 0 fully saturated rings. The number of hydrogen-bond acceptors (Lipinski definition) is 2. The molecule has 4 nitrogen and oxygen atoms in total. The average Bonchev–Trinajstić information content (AvgIpc) is 3.01. The van der Waals surface area contributed by atoms with E-state index in [1.165, 1.54) is 0 Å². The predicted molar refractivity (Wildman–Crippen MR) is 98.0 cm³/mol. The average molecular weight is 343 g/mol. The monoisotopic (exact) mass is 342 g/mol. The molecule has 0 aliphatic rings. The van der Waals surface area contributed by atoms with Crippen LogP contribution in [0.15, 0.2) is 48.7 Å². The lowest BCUT2D eigenvalue weighted by molar-refractivity contribution is -0.118. The van der Waals surface area contributed by atoms with Gasteiger partial charge in [-0.25, -0.2) is 0 Å². The lowest BCUT2D eigenvalue weighted by Gasteiger charge is -2.17. The molecular formula is C19H19ClN2O2. The molecule has 0 saturated carbocycles. The maximum atomic E-state index is 12.6. The number of ether oxygens (including phenoxy) is 1. The van der Waals surface area contributed by atoms with Gasteiger partial charge in [0.2, 0.25) is 5.91 Å². The van der Waals surface area contributed by atoms with E-state index in [0.717, 1.165) is 27.9 Å². The molecule has 5 heteroatoms. The van der Waals surface area contributed by atoms with E-state index in [4.69, 9.17) is 16.3 Å². The molecule has 0 spiro atoms. The lowest BCUT2D eigenvalue weighted by atomic mass is 10.2. The van der Waals surface area contributed by atoms with Crippen LogP contribution in [0.4, 0.5) is 5.69 Å². The van der Waals surface area contributed by atoms with Crippen molar-refractivity contribution in [1.82, 2.24) is 4.57 Å². The van der Waals surface area contributed by atoms with E-state index < -0.39 is 0 Å². The summed E-state index contributed by atoms with van der Waals surface area (Å²) in [6.07, 6.45) is 1.92. The van der Waals surface area contributed by atoms with Crippen LogP contribution in [0.2, 0.25) is 5.02 Å². The Bertz CT molecular complexity index is 902. The fourth-order valence-electron chi connectivity index (χ4n) is 2.71. The van der Waals surface area contributed by atoms with Crippen molar-refractivity contribution in [2.75, 3.05) is 12.4 Å². The van der Waals surface area contributed by atoms with Crippen LogP contribution >= 0.6 is 11.6 Å². The summed E-state index contributed by atoms with van der Waals surface area (Å²) in [5.74, 6) is 0.709. The molecule has 124 valence electrons. The third kappa shape index (κ3) is 2.97. The van der Waals surface area contributed by atoms with Crippen molar-refractivity contribution in [3.63, 3.8) is 0 Å². The fourth-order valence-corrected chi connectivity index (χ4v) is 2.89. The van der Waals surface area contributed by atoms with Gasteiger partial charge in [0, 0.05) is 27.8 Å². The smallest absolute Gasteiger partial charge is 0.247 e. The van der Waals surface area contributed by atoms with Gasteiger partial charge >= 0.3 is 0 Å². The van der Waals surface area contributed by atoms with Gasteiger partial charge in [0.05, 0.1) is 7.11 Å². The number of hydrogen-bond donors (Lipinski definition) is 1. The first-order valence-corrected chi connectivity index (χ1v) is 8.09. The number of anilines is 1. The molecule has 0 saturated heterocycles. The highest BCUT2D eigenvalue weighted by molar-refractivity contribution is 6.31. The van der Waals surface area contributed by atoms with Crippen LogP contribution in [-0.4, -0.2) is 17.6 Å². The van der Waals surface area contributed by atoms with Crippen molar-refractivity contribution >= 4 is 34.1 Å². The number of benzene rings is 2. The summed E-state index contributed by atoms with van der Waals surface area (Å²) >= 11 is 6.11. The van der Waals surface area contributed by atoms with E-state index in [1.54, 1.807) is 7.11 Å². The molecule has 1 aromatic heterocycles. The molecule has 0 radical (unpaired) electrons. The third-order valence-electron chi connectivity index (χ3n) is 4.25. The number of nitrogens with zero attached hydrogens (tertiary/aromatic N) is 1. The Morgan fingerprint density at radius 1 is 1.25 bits per heavy atom. The van der Waals surface area contributed by atoms with Gasteiger partial charge in [-0.2, -0.15) is 0 Å². The molecular weight excluding hydrogens is 324 g/mol. The van der Waals surface area contributed by atoms with Crippen LogP contribution in [0.5, 0.6) is 5.75 Å². The first kappa shape index (κ1) is 16.4. The molecule has 1 N–H and O–H groups in total. The van der Waals surface area contributed by atoms with Gasteiger partial charge in [-0.3, -0.25) is 4.79 Å².